The zero-order valence-electron chi connectivity index (χ0n) is 14.1. The van der Waals surface area contributed by atoms with Crippen molar-refractivity contribution in [2.24, 2.45) is 0 Å². The van der Waals surface area contributed by atoms with Gasteiger partial charge in [0.25, 0.3) is 0 Å². The number of rotatable bonds is 5. The molecule has 1 fully saturated rings. The first-order valence-corrected chi connectivity index (χ1v) is 8.26. The lowest BCUT2D eigenvalue weighted by Crippen LogP contribution is -2.53. The molecule has 0 saturated carbocycles. The highest BCUT2D eigenvalue weighted by Gasteiger charge is 2.25. The van der Waals surface area contributed by atoms with Crippen molar-refractivity contribution in [2.45, 2.75) is 13.0 Å². The van der Waals surface area contributed by atoms with Gasteiger partial charge in [0, 0.05) is 24.8 Å². The van der Waals surface area contributed by atoms with Crippen molar-refractivity contribution in [2.75, 3.05) is 25.0 Å². The molecule has 2 amide bonds. The lowest BCUT2D eigenvalue weighted by atomic mass is 10.2. The minimum atomic E-state index is -0.384. The molecule has 6 heteroatoms. The van der Waals surface area contributed by atoms with E-state index in [2.05, 4.69) is 10.6 Å². The largest absolute Gasteiger partial charge is 0.457 e. The quantitative estimate of drug-likeness (QED) is 0.876. The van der Waals surface area contributed by atoms with E-state index < -0.39 is 0 Å². The van der Waals surface area contributed by atoms with Crippen molar-refractivity contribution >= 4 is 17.5 Å². The van der Waals surface area contributed by atoms with Crippen LogP contribution in [0.1, 0.15) is 6.92 Å². The number of ether oxygens (including phenoxy) is 1. The minimum Gasteiger partial charge on any atom is -0.457 e. The van der Waals surface area contributed by atoms with Gasteiger partial charge < -0.3 is 15.4 Å². The maximum atomic E-state index is 12.5. The summed E-state index contributed by atoms with van der Waals surface area (Å²) in [5.74, 6) is 1.18. The first-order valence-electron chi connectivity index (χ1n) is 8.26. The van der Waals surface area contributed by atoms with E-state index in [4.69, 9.17) is 4.74 Å². The highest BCUT2D eigenvalue weighted by Crippen LogP contribution is 2.24. The van der Waals surface area contributed by atoms with Gasteiger partial charge in [0.15, 0.2) is 0 Å². The van der Waals surface area contributed by atoms with Crippen LogP contribution in [0.2, 0.25) is 0 Å². The predicted octanol–water partition coefficient (Wildman–Crippen LogP) is 2.24. The van der Waals surface area contributed by atoms with Crippen molar-refractivity contribution in [3.8, 4) is 11.5 Å². The topological polar surface area (TPSA) is 70.7 Å². The number of nitrogens with zero attached hydrogens (tertiary/aromatic N) is 1. The van der Waals surface area contributed by atoms with Crippen LogP contribution >= 0.6 is 0 Å². The van der Waals surface area contributed by atoms with Crippen molar-refractivity contribution in [3.05, 3.63) is 54.6 Å². The molecule has 1 saturated heterocycles. The van der Waals surface area contributed by atoms with E-state index in [0.29, 0.717) is 24.5 Å². The zero-order valence-corrected chi connectivity index (χ0v) is 14.1. The third-order valence-corrected chi connectivity index (χ3v) is 4.08. The molecule has 1 aliphatic heterocycles. The lowest BCUT2D eigenvalue weighted by Gasteiger charge is -2.31. The fraction of sp³-hybridized carbons (Fsp3) is 0.263. The Kier molecular flexibility index (Phi) is 5.30. The van der Waals surface area contributed by atoms with Crippen LogP contribution in [-0.4, -0.2) is 42.4 Å². The normalized spacial score (nSPS) is 16.0. The third kappa shape index (κ3) is 4.58. The Hall–Kier alpha value is -2.86. The Morgan fingerprint density at radius 2 is 1.92 bits per heavy atom. The summed E-state index contributed by atoms with van der Waals surface area (Å²) in [5, 5.41) is 5.64. The summed E-state index contributed by atoms with van der Waals surface area (Å²) in [6.45, 7) is 3.28. The van der Waals surface area contributed by atoms with Crippen LogP contribution in [0, 0.1) is 0 Å². The molecule has 1 unspecified atom stereocenters. The number of carbonyl (C=O) groups is 2. The molecule has 2 aromatic carbocycles. The molecule has 0 bridgehead atoms. The van der Waals surface area contributed by atoms with Gasteiger partial charge in [-0.25, -0.2) is 0 Å². The van der Waals surface area contributed by atoms with Gasteiger partial charge >= 0.3 is 0 Å². The van der Waals surface area contributed by atoms with Gasteiger partial charge in [-0.05, 0) is 31.2 Å². The van der Waals surface area contributed by atoms with Gasteiger partial charge in [-0.1, -0.05) is 24.3 Å². The Morgan fingerprint density at radius 1 is 1.16 bits per heavy atom. The van der Waals surface area contributed by atoms with E-state index in [-0.39, 0.29) is 24.4 Å². The van der Waals surface area contributed by atoms with Gasteiger partial charge in [0.2, 0.25) is 11.8 Å². The Balaban J connectivity index is 1.63. The van der Waals surface area contributed by atoms with Gasteiger partial charge in [-0.3, -0.25) is 14.5 Å². The van der Waals surface area contributed by atoms with E-state index >= 15 is 0 Å². The molecule has 130 valence electrons. The molecule has 3 rings (SSSR count). The average molecular weight is 339 g/mol. The summed E-state index contributed by atoms with van der Waals surface area (Å²) in [7, 11) is 0. The summed E-state index contributed by atoms with van der Waals surface area (Å²) in [5.41, 5.74) is 0.659. The van der Waals surface area contributed by atoms with Crippen molar-refractivity contribution in [1.29, 1.82) is 0 Å². The number of hydrogen-bond donors (Lipinski definition) is 2. The van der Waals surface area contributed by atoms with E-state index in [0.717, 1.165) is 5.75 Å². The summed E-state index contributed by atoms with van der Waals surface area (Å²) in [6, 6.07) is 16.3. The maximum Gasteiger partial charge on any atom is 0.241 e. The monoisotopic (exact) mass is 339 g/mol. The second kappa shape index (κ2) is 7.81. The first-order chi connectivity index (χ1) is 12.1. The molecule has 2 aromatic rings. The van der Waals surface area contributed by atoms with E-state index in [1.807, 2.05) is 53.4 Å². The van der Waals surface area contributed by atoms with Crippen LogP contribution in [-0.2, 0) is 9.59 Å². The lowest BCUT2D eigenvalue weighted by molar-refractivity contribution is -0.127. The zero-order chi connectivity index (χ0) is 17.6. The number of para-hydroxylation sites is 1. The second-order valence-electron chi connectivity index (χ2n) is 5.93. The molecule has 1 aliphatic rings. The van der Waals surface area contributed by atoms with Crippen LogP contribution in [0.3, 0.4) is 0 Å². The van der Waals surface area contributed by atoms with E-state index in [1.54, 1.807) is 13.0 Å². The number of benzene rings is 2. The molecular formula is C19H21N3O3. The molecule has 0 radical (unpaired) electrons. The van der Waals surface area contributed by atoms with Gasteiger partial charge in [-0.15, -0.1) is 0 Å². The molecule has 25 heavy (non-hydrogen) atoms. The van der Waals surface area contributed by atoms with Crippen LogP contribution < -0.4 is 15.4 Å². The molecule has 0 aliphatic carbocycles. The van der Waals surface area contributed by atoms with Crippen molar-refractivity contribution < 1.29 is 14.3 Å². The summed E-state index contributed by atoms with van der Waals surface area (Å²) in [4.78, 5) is 25.8. The summed E-state index contributed by atoms with van der Waals surface area (Å²) < 4.78 is 5.78. The highest BCUT2D eigenvalue weighted by molar-refractivity contribution is 5.95. The van der Waals surface area contributed by atoms with Crippen LogP contribution in [0.15, 0.2) is 54.6 Å². The number of amides is 2. The fourth-order valence-corrected chi connectivity index (χ4v) is 2.66. The first kappa shape index (κ1) is 17.0. The van der Waals surface area contributed by atoms with E-state index in [1.165, 1.54) is 0 Å². The smallest absolute Gasteiger partial charge is 0.241 e. The maximum absolute atomic E-state index is 12.5. The third-order valence-electron chi connectivity index (χ3n) is 4.08. The number of nitrogens with one attached hydrogen (secondary N) is 2. The Bertz CT molecular complexity index is 749. The van der Waals surface area contributed by atoms with Crippen molar-refractivity contribution in [3.63, 3.8) is 0 Å². The van der Waals surface area contributed by atoms with Gasteiger partial charge in [-0.2, -0.15) is 0 Å². The number of hydrogen-bond acceptors (Lipinski definition) is 4. The minimum absolute atomic E-state index is 0.0517. The SMILES string of the molecule is CC(C(=O)Nc1cccc(Oc2ccccc2)c1)N1CCNC(=O)C1. The molecule has 2 N–H and O–H groups in total. The number of piperazine rings is 1. The average Bonchev–Trinajstić information content (AvgIpc) is 2.62. The molecular weight excluding hydrogens is 318 g/mol. The molecule has 0 aromatic heterocycles. The summed E-state index contributed by atoms with van der Waals surface area (Å²) >= 11 is 0. The van der Waals surface area contributed by atoms with Crippen LogP contribution in [0.4, 0.5) is 5.69 Å². The molecule has 0 spiro atoms. The highest BCUT2D eigenvalue weighted by atomic mass is 16.5. The Labute approximate surface area is 146 Å². The number of carbonyl (C=O) groups excluding carboxylic acids is 2. The fourth-order valence-electron chi connectivity index (χ4n) is 2.66. The molecule has 1 atom stereocenters. The molecule has 6 nitrogen and oxygen atoms in total. The Morgan fingerprint density at radius 3 is 2.68 bits per heavy atom. The number of anilines is 1. The van der Waals surface area contributed by atoms with Crippen molar-refractivity contribution in [1.82, 2.24) is 10.2 Å². The van der Waals surface area contributed by atoms with Crippen LogP contribution in [0.25, 0.3) is 0 Å². The van der Waals surface area contributed by atoms with Gasteiger partial charge in [0.1, 0.15) is 11.5 Å². The standard InChI is InChI=1S/C19H21N3O3/c1-14(22-11-10-20-18(23)13-22)19(24)21-15-6-5-9-17(12-15)25-16-7-3-2-4-8-16/h2-9,12,14H,10-11,13H2,1H3,(H,20,23)(H,21,24). The van der Waals surface area contributed by atoms with Gasteiger partial charge in [0.05, 0.1) is 12.6 Å². The predicted molar refractivity (Wildman–Crippen MR) is 95.6 cm³/mol. The van der Waals surface area contributed by atoms with E-state index in [9.17, 15) is 9.59 Å². The second-order valence-corrected chi connectivity index (χ2v) is 5.93. The van der Waals surface area contributed by atoms with Crippen LogP contribution in [0.5, 0.6) is 11.5 Å². The summed E-state index contributed by atoms with van der Waals surface area (Å²) in [6.07, 6.45) is 0. The molecule has 1 heterocycles.